The van der Waals surface area contributed by atoms with Gasteiger partial charge >= 0.3 is 0 Å². The van der Waals surface area contributed by atoms with Crippen LogP contribution in [-0.2, 0) is 13.5 Å². The maximum atomic E-state index is 13.2. The lowest BCUT2D eigenvalue weighted by Crippen LogP contribution is -2.29. The first kappa shape index (κ1) is 26.6. The Kier molecular flexibility index (Phi) is 8.38. The molecule has 0 spiro atoms. The number of hydrogen-bond donors (Lipinski definition) is 3. The predicted octanol–water partition coefficient (Wildman–Crippen LogP) is 5.03. The normalized spacial score (nSPS) is 10.9. The molecule has 1 amide bonds. The Labute approximate surface area is 236 Å². The van der Waals surface area contributed by atoms with Gasteiger partial charge in [0.1, 0.15) is 0 Å². The SMILES string of the molecule is Cn1cc(-c2cc(C(=O)NCCN)c3cc(C#CCNCCc4ccccc4)ccc3n2)c2cc(Br)ccc21. The van der Waals surface area contributed by atoms with Gasteiger partial charge in [0.25, 0.3) is 5.91 Å². The zero-order chi connectivity index (χ0) is 27.2. The summed E-state index contributed by atoms with van der Waals surface area (Å²) in [6.45, 7) is 2.21. The summed E-state index contributed by atoms with van der Waals surface area (Å²) in [5, 5.41) is 8.12. The number of carbonyl (C=O) groups excluding carboxylic acids is 1. The summed E-state index contributed by atoms with van der Waals surface area (Å²) >= 11 is 3.58. The number of hydrogen-bond acceptors (Lipinski definition) is 4. The standard InChI is InChI=1S/C32H30BrN5O/c1-38-21-28(26-19-24(33)10-12-31(26)38)30-20-27(32(39)36-17-14-34)25-18-23(9-11-29(25)37-30)8-5-15-35-16-13-22-6-3-2-4-7-22/h2-4,6-7,9-12,18-21,35H,13-17,34H2,1H3,(H,36,39). The van der Waals surface area contributed by atoms with Gasteiger partial charge in [0.05, 0.1) is 23.3 Å². The Bertz CT molecular complexity index is 1700. The second-order valence-corrected chi connectivity index (χ2v) is 10.3. The van der Waals surface area contributed by atoms with Crippen LogP contribution in [-0.4, -0.2) is 41.6 Å². The molecule has 6 nitrogen and oxygen atoms in total. The third-order valence-corrected chi connectivity index (χ3v) is 7.08. The van der Waals surface area contributed by atoms with E-state index >= 15 is 0 Å². The van der Waals surface area contributed by atoms with E-state index in [0.717, 1.165) is 56.1 Å². The van der Waals surface area contributed by atoms with Crippen molar-refractivity contribution < 1.29 is 4.79 Å². The van der Waals surface area contributed by atoms with Gasteiger partial charge in [-0.15, -0.1) is 0 Å². The predicted molar refractivity (Wildman–Crippen MR) is 163 cm³/mol. The van der Waals surface area contributed by atoms with Crippen molar-refractivity contribution in [2.75, 3.05) is 26.2 Å². The van der Waals surface area contributed by atoms with E-state index in [0.29, 0.717) is 25.2 Å². The lowest BCUT2D eigenvalue weighted by Gasteiger charge is -2.10. The number of nitrogens with two attached hydrogens (primary N) is 1. The number of rotatable bonds is 8. The van der Waals surface area contributed by atoms with Gasteiger partial charge in [-0.05, 0) is 54.4 Å². The summed E-state index contributed by atoms with van der Waals surface area (Å²) in [6.07, 6.45) is 3.01. The Morgan fingerprint density at radius 2 is 1.87 bits per heavy atom. The first-order chi connectivity index (χ1) is 19.0. The fourth-order valence-corrected chi connectivity index (χ4v) is 5.01. The van der Waals surface area contributed by atoms with Crippen LogP contribution >= 0.6 is 15.9 Å². The molecule has 5 rings (SSSR count). The molecule has 4 N–H and O–H groups in total. The van der Waals surface area contributed by atoms with E-state index in [-0.39, 0.29) is 5.91 Å². The van der Waals surface area contributed by atoms with Crippen molar-refractivity contribution in [3.63, 3.8) is 0 Å². The molecule has 0 unspecified atom stereocenters. The van der Waals surface area contributed by atoms with Crippen molar-refractivity contribution >= 4 is 43.6 Å². The average molecular weight is 581 g/mol. The van der Waals surface area contributed by atoms with Crippen molar-refractivity contribution in [1.82, 2.24) is 20.2 Å². The average Bonchev–Trinajstić information content (AvgIpc) is 3.28. The van der Waals surface area contributed by atoms with Crippen LogP contribution in [0.5, 0.6) is 0 Å². The smallest absolute Gasteiger partial charge is 0.252 e. The van der Waals surface area contributed by atoms with Crippen LogP contribution in [0.4, 0.5) is 0 Å². The molecule has 0 atom stereocenters. The molecule has 0 saturated carbocycles. The van der Waals surface area contributed by atoms with E-state index in [4.69, 9.17) is 10.7 Å². The summed E-state index contributed by atoms with van der Waals surface area (Å²) in [5.74, 6) is 6.24. The Balaban J connectivity index is 1.44. The number of aryl methyl sites for hydroxylation is 1. The second-order valence-electron chi connectivity index (χ2n) is 9.36. The molecule has 0 aliphatic rings. The molecule has 0 aliphatic carbocycles. The molecule has 196 valence electrons. The molecule has 0 bridgehead atoms. The first-order valence-electron chi connectivity index (χ1n) is 12.9. The number of amides is 1. The van der Waals surface area contributed by atoms with E-state index in [1.54, 1.807) is 0 Å². The van der Waals surface area contributed by atoms with Crippen LogP contribution in [0.1, 0.15) is 21.5 Å². The number of nitrogens with one attached hydrogen (secondary N) is 2. The maximum absolute atomic E-state index is 13.2. The minimum atomic E-state index is -0.178. The van der Waals surface area contributed by atoms with E-state index in [1.807, 2.05) is 43.4 Å². The van der Waals surface area contributed by atoms with Gasteiger partial charge in [-0.1, -0.05) is 58.1 Å². The van der Waals surface area contributed by atoms with E-state index < -0.39 is 0 Å². The Morgan fingerprint density at radius 1 is 1.03 bits per heavy atom. The maximum Gasteiger partial charge on any atom is 0.252 e. The third kappa shape index (κ3) is 6.21. The molecule has 39 heavy (non-hydrogen) atoms. The van der Waals surface area contributed by atoms with Crippen molar-refractivity contribution in [1.29, 1.82) is 0 Å². The van der Waals surface area contributed by atoms with Crippen LogP contribution in [0, 0.1) is 11.8 Å². The summed E-state index contributed by atoms with van der Waals surface area (Å²) in [6, 6.07) is 24.3. The summed E-state index contributed by atoms with van der Waals surface area (Å²) in [7, 11) is 2.01. The minimum Gasteiger partial charge on any atom is -0.351 e. The summed E-state index contributed by atoms with van der Waals surface area (Å²) < 4.78 is 3.06. The fraction of sp³-hybridized carbons (Fsp3) is 0.188. The van der Waals surface area contributed by atoms with Gasteiger partial charge in [-0.3, -0.25) is 4.79 Å². The zero-order valence-corrected chi connectivity index (χ0v) is 23.4. The van der Waals surface area contributed by atoms with Crippen molar-refractivity contribution in [3.05, 3.63) is 100 Å². The number of benzene rings is 3. The van der Waals surface area contributed by atoms with E-state index in [2.05, 4.69) is 85.6 Å². The summed E-state index contributed by atoms with van der Waals surface area (Å²) in [5.41, 5.74) is 11.9. The molecule has 3 aromatic carbocycles. The van der Waals surface area contributed by atoms with Gasteiger partial charge in [0, 0.05) is 64.8 Å². The molecule has 2 aromatic heterocycles. The highest BCUT2D eigenvalue weighted by Crippen LogP contribution is 2.33. The lowest BCUT2D eigenvalue weighted by atomic mass is 10.0. The topological polar surface area (TPSA) is 85.0 Å². The molecular weight excluding hydrogens is 550 g/mol. The first-order valence-corrected chi connectivity index (χ1v) is 13.7. The Morgan fingerprint density at radius 3 is 2.69 bits per heavy atom. The second kappa shape index (κ2) is 12.3. The van der Waals surface area contributed by atoms with Gasteiger partial charge < -0.3 is 20.9 Å². The molecule has 7 heteroatoms. The van der Waals surface area contributed by atoms with Gasteiger partial charge in [-0.2, -0.15) is 0 Å². The van der Waals surface area contributed by atoms with E-state index in [9.17, 15) is 4.79 Å². The quantitative estimate of drug-likeness (QED) is 0.178. The van der Waals surface area contributed by atoms with Crippen LogP contribution in [0.15, 0.2) is 83.5 Å². The largest absolute Gasteiger partial charge is 0.351 e. The highest BCUT2D eigenvalue weighted by Gasteiger charge is 2.17. The summed E-state index contributed by atoms with van der Waals surface area (Å²) in [4.78, 5) is 18.2. The molecule has 0 aliphatic heterocycles. The molecule has 2 heterocycles. The number of fused-ring (bicyclic) bond motifs is 2. The number of aromatic nitrogens is 2. The van der Waals surface area contributed by atoms with Crippen LogP contribution in [0.2, 0.25) is 0 Å². The number of pyridine rings is 1. The fourth-order valence-electron chi connectivity index (χ4n) is 4.65. The third-order valence-electron chi connectivity index (χ3n) is 6.59. The van der Waals surface area contributed by atoms with Crippen LogP contribution in [0.25, 0.3) is 33.1 Å². The van der Waals surface area contributed by atoms with Gasteiger partial charge in [0.15, 0.2) is 0 Å². The molecular formula is C32H30BrN5O. The number of nitrogens with zero attached hydrogens (tertiary/aromatic N) is 2. The number of halogens is 1. The molecule has 0 saturated heterocycles. The van der Waals surface area contributed by atoms with Gasteiger partial charge in [0.2, 0.25) is 0 Å². The molecule has 0 fully saturated rings. The van der Waals surface area contributed by atoms with Crippen molar-refractivity contribution in [2.24, 2.45) is 12.8 Å². The lowest BCUT2D eigenvalue weighted by molar-refractivity contribution is 0.0956. The van der Waals surface area contributed by atoms with E-state index in [1.165, 1.54) is 5.56 Å². The van der Waals surface area contributed by atoms with Gasteiger partial charge in [-0.25, -0.2) is 4.98 Å². The van der Waals surface area contributed by atoms with Crippen molar-refractivity contribution in [2.45, 2.75) is 6.42 Å². The zero-order valence-electron chi connectivity index (χ0n) is 21.8. The minimum absolute atomic E-state index is 0.178. The monoisotopic (exact) mass is 579 g/mol. The highest BCUT2D eigenvalue weighted by molar-refractivity contribution is 9.10. The van der Waals surface area contributed by atoms with Crippen molar-refractivity contribution in [3.8, 4) is 23.1 Å². The molecule has 0 radical (unpaired) electrons. The van der Waals surface area contributed by atoms with Crippen LogP contribution in [0.3, 0.4) is 0 Å². The number of carbonyl (C=O) groups is 1. The molecule has 5 aromatic rings. The highest BCUT2D eigenvalue weighted by atomic mass is 79.9. The Hall–Kier alpha value is -3.96. The van der Waals surface area contributed by atoms with Crippen LogP contribution < -0.4 is 16.4 Å².